The molecule has 1 N–H and O–H groups in total. The van der Waals surface area contributed by atoms with Crippen molar-refractivity contribution in [3.8, 4) is 11.3 Å². The Hall–Kier alpha value is -3.11. The second-order valence-corrected chi connectivity index (χ2v) is 8.51. The Morgan fingerprint density at radius 1 is 1.03 bits per heavy atom. The average molecular weight is 525 g/mol. The predicted octanol–water partition coefficient (Wildman–Crippen LogP) is 5.05. The van der Waals surface area contributed by atoms with E-state index in [9.17, 15) is 13.6 Å². The van der Waals surface area contributed by atoms with Crippen LogP contribution in [0.2, 0.25) is 0 Å². The molecule has 8 nitrogen and oxygen atoms in total. The van der Waals surface area contributed by atoms with Crippen LogP contribution in [-0.4, -0.2) is 45.2 Å². The third-order valence-electron chi connectivity index (χ3n) is 6.22. The van der Waals surface area contributed by atoms with Gasteiger partial charge in [0.2, 0.25) is 0 Å². The van der Waals surface area contributed by atoms with Crippen LogP contribution in [0.25, 0.3) is 11.3 Å². The minimum absolute atomic E-state index is 0. The number of anilines is 2. The van der Waals surface area contributed by atoms with E-state index in [1.54, 1.807) is 35.4 Å². The molecule has 3 aromatic rings. The van der Waals surface area contributed by atoms with E-state index in [0.717, 1.165) is 31.7 Å². The van der Waals surface area contributed by atoms with Crippen molar-refractivity contribution in [3.63, 3.8) is 0 Å². The Morgan fingerprint density at radius 2 is 1.77 bits per heavy atom. The molecule has 2 aliphatic rings. The number of nitrogens with one attached hydrogen (secondary N) is 1. The fourth-order valence-electron chi connectivity index (χ4n) is 4.44. The minimum Gasteiger partial charge on any atom is -0.441 e. The molecule has 1 spiro atoms. The number of halogens is 4. The van der Waals surface area contributed by atoms with Crippen LogP contribution in [0.3, 0.4) is 0 Å². The van der Waals surface area contributed by atoms with E-state index in [1.807, 2.05) is 0 Å². The Labute approximate surface area is 213 Å². The Morgan fingerprint density at radius 3 is 2.40 bits per heavy atom. The molecule has 186 valence electrons. The van der Waals surface area contributed by atoms with Gasteiger partial charge in [0.15, 0.2) is 5.82 Å². The summed E-state index contributed by atoms with van der Waals surface area (Å²) in [7, 11) is 0. The Bertz CT molecular complexity index is 1130. The molecule has 0 bridgehead atoms. The summed E-state index contributed by atoms with van der Waals surface area (Å²) in [6, 6.07) is 10.2. The summed E-state index contributed by atoms with van der Waals surface area (Å²) in [6.07, 6.45) is 4.55. The number of hydrogen-bond donors (Lipinski definition) is 1. The molecule has 1 aliphatic heterocycles. The van der Waals surface area contributed by atoms with Crippen molar-refractivity contribution in [1.29, 1.82) is 0 Å². The maximum atomic E-state index is 13.4. The van der Waals surface area contributed by atoms with Crippen LogP contribution < -0.4 is 10.2 Å². The van der Waals surface area contributed by atoms with E-state index < -0.39 is 17.2 Å². The Balaban J connectivity index is 0.00000171. The van der Waals surface area contributed by atoms with Crippen molar-refractivity contribution in [2.24, 2.45) is 5.92 Å². The number of amides is 1. The first-order valence-corrected chi connectivity index (χ1v) is 10.8. The van der Waals surface area contributed by atoms with Gasteiger partial charge in [-0.2, -0.15) is 5.10 Å². The topological polar surface area (TPSA) is 93.1 Å². The van der Waals surface area contributed by atoms with Gasteiger partial charge in [0.05, 0.1) is 12.2 Å². The number of benzene rings is 1. The maximum absolute atomic E-state index is 13.4. The molecule has 2 aromatic heterocycles. The zero-order valence-corrected chi connectivity index (χ0v) is 20.2. The summed E-state index contributed by atoms with van der Waals surface area (Å²) in [6.45, 7) is 1.19. The van der Waals surface area contributed by atoms with Gasteiger partial charge >= 0.3 is 6.09 Å². The second kappa shape index (κ2) is 11.1. The fraction of sp³-hybridized carbons (Fsp3) is 0.348. The Kier molecular flexibility index (Phi) is 8.39. The number of carbonyl (C=O) groups is 1. The van der Waals surface area contributed by atoms with Crippen molar-refractivity contribution in [3.05, 3.63) is 60.3 Å². The lowest BCUT2D eigenvalue weighted by Crippen LogP contribution is -2.39. The third kappa shape index (κ3) is 5.94. The van der Waals surface area contributed by atoms with Crippen LogP contribution in [0, 0.1) is 17.6 Å². The zero-order valence-electron chi connectivity index (χ0n) is 18.6. The molecular weight excluding hydrogens is 501 g/mol. The van der Waals surface area contributed by atoms with Gasteiger partial charge in [-0.3, -0.25) is 4.90 Å². The van der Waals surface area contributed by atoms with Crippen LogP contribution in [0.4, 0.5) is 25.2 Å². The summed E-state index contributed by atoms with van der Waals surface area (Å²) in [5.41, 5.74) is 0.257. The molecule has 1 saturated carbocycles. The summed E-state index contributed by atoms with van der Waals surface area (Å²) in [5, 5.41) is 19.3. The van der Waals surface area contributed by atoms with Crippen LogP contribution in [0.1, 0.15) is 25.7 Å². The van der Waals surface area contributed by atoms with E-state index in [0.29, 0.717) is 41.9 Å². The van der Waals surface area contributed by atoms with Crippen molar-refractivity contribution in [1.82, 2.24) is 20.4 Å². The van der Waals surface area contributed by atoms with Crippen LogP contribution in [0.5, 0.6) is 0 Å². The largest absolute Gasteiger partial charge is 0.441 e. The molecule has 35 heavy (non-hydrogen) atoms. The van der Waals surface area contributed by atoms with Gasteiger partial charge in [-0.1, -0.05) is 0 Å². The number of ether oxygens (including phenoxy) is 1. The first-order valence-electron chi connectivity index (χ1n) is 10.8. The standard InChI is InChI=1S/C23H22F2N6O2.2ClH/c24-17-10-16(11-18(25)12-17)19-3-4-20(29-28-19)26-13-15-5-7-23(8-6-15)14-31(22(32)33-23)21-2-1-9-27-30-21;;/h1-4,9-12,15H,5-8,13-14H2,(H,26,29);2*1H. The SMILES string of the molecule is Cl.Cl.O=C1OC2(CCC(CNc3ccc(-c4cc(F)cc(F)c4)nn3)CC2)CN1c1cccnn1. The number of aromatic nitrogens is 4. The molecule has 12 heteroatoms. The van der Waals surface area contributed by atoms with Gasteiger partial charge in [0.1, 0.15) is 23.1 Å². The van der Waals surface area contributed by atoms with Crippen molar-refractivity contribution < 1.29 is 18.3 Å². The van der Waals surface area contributed by atoms with E-state index in [4.69, 9.17) is 4.74 Å². The van der Waals surface area contributed by atoms with Gasteiger partial charge < -0.3 is 10.1 Å². The van der Waals surface area contributed by atoms with Crippen molar-refractivity contribution in [2.45, 2.75) is 31.3 Å². The molecule has 1 amide bonds. The molecule has 0 atom stereocenters. The molecule has 5 rings (SSSR count). The number of hydrogen-bond acceptors (Lipinski definition) is 7. The molecule has 3 heterocycles. The first kappa shape index (κ1) is 26.5. The third-order valence-corrected chi connectivity index (χ3v) is 6.22. The molecule has 0 unspecified atom stereocenters. The summed E-state index contributed by atoms with van der Waals surface area (Å²) >= 11 is 0. The van der Waals surface area contributed by atoms with Gasteiger partial charge in [-0.25, -0.2) is 13.6 Å². The second-order valence-electron chi connectivity index (χ2n) is 8.51. The van der Waals surface area contributed by atoms with Gasteiger partial charge in [0.25, 0.3) is 0 Å². The van der Waals surface area contributed by atoms with E-state index in [1.165, 1.54) is 12.1 Å². The lowest BCUT2D eigenvalue weighted by atomic mass is 9.78. The van der Waals surface area contributed by atoms with E-state index in [2.05, 4.69) is 25.7 Å². The number of nitrogens with zero attached hydrogens (tertiary/aromatic N) is 5. The van der Waals surface area contributed by atoms with E-state index >= 15 is 0 Å². The highest BCUT2D eigenvalue weighted by Gasteiger charge is 2.48. The van der Waals surface area contributed by atoms with Crippen LogP contribution in [0.15, 0.2) is 48.7 Å². The lowest BCUT2D eigenvalue weighted by molar-refractivity contribution is 0.0148. The van der Waals surface area contributed by atoms with Gasteiger partial charge in [-0.15, -0.1) is 40.1 Å². The monoisotopic (exact) mass is 524 g/mol. The highest BCUT2D eigenvalue weighted by Crippen LogP contribution is 2.40. The first-order chi connectivity index (χ1) is 16.0. The summed E-state index contributed by atoms with van der Waals surface area (Å²) in [5.74, 6) is 0.190. The maximum Gasteiger partial charge on any atom is 0.416 e. The minimum atomic E-state index is -0.656. The average Bonchev–Trinajstić information content (AvgIpc) is 3.14. The molecular formula is C23H24Cl2F2N6O2. The molecule has 1 saturated heterocycles. The quantitative estimate of drug-likeness (QED) is 0.498. The molecule has 2 fully saturated rings. The highest BCUT2D eigenvalue weighted by molar-refractivity contribution is 5.89. The molecule has 0 radical (unpaired) electrons. The summed E-state index contributed by atoms with van der Waals surface area (Å²) in [4.78, 5) is 13.9. The van der Waals surface area contributed by atoms with Crippen LogP contribution in [-0.2, 0) is 4.74 Å². The normalized spacial score (nSPS) is 21.1. The predicted molar refractivity (Wildman–Crippen MR) is 131 cm³/mol. The van der Waals surface area contributed by atoms with Gasteiger partial charge in [0, 0.05) is 24.4 Å². The number of carbonyl (C=O) groups excluding carboxylic acids is 1. The molecule has 1 aromatic carbocycles. The van der Waals surface area contributed by atoms with Crippen molar-refractivity contribution >= 4 is 42.5 Å². The van der Waals surface area contributed by atoms with E-state index in [-0.39, 0.29) is 30.9 Å². The zero-order chi connectivity index (χ0) is 22.8. The molecule has 1 aliphatic carbocycles. The number of rotatable bonds is 5. The summed E-state index contributed by atoms with van der Waals surface area (Å²) < 4.78 is 32.6. The fourth-order valence-corrected chi connectivity index (χ4v) is 4.44. The smallest absolute Gasteiger partial charge is 0.416 e. The highest BCUT2D eigenvalue weighted by atomic mass is 35.5. The van der Waals surface area contributed by atoms with Crippen LogP contribution >= 0.6 is 24.8 Å². The van der Waals surface area contributed by atoms with Crippen molar-refractivity contribution in [2.75, 3.05) is 23.3 Å². The lowest BCUT2D eigenvalue weighted by Gasteiger charge is -2.35. The van der Waals surface area contributed by atoms with Gasteiger partial charge in [-0.05, 0) is 68.0 Å².